The van der Waals surface area contributed by atoms with E-state index in [0.717, 1.165) is 5.56 Å². The molecule has 2 aromatic rings. The first kappa shape index (κ1) is 19.0. The number of carbonyl (C=O) groups excluding carboxylic acids is 2. The average molecular weight is 384 g/mol. The Hall–Kier alpha value is -2.80. The van der Waals surface area contributed by atoms with Crippen molar-refractivity contribution in [3.63, 3.8) is 0 Å². The minimum absolute atomic E-state index is 0.119. The van der Waals surface area contributed by atoms with Gasteiger partial charge < -0.3 is 14.9 Å². The third kappa shape index (κ3) is 4.31. The smallest absolute Gasteiger partial charge is 0.335 e. The van der Waals surface area contributed by atoms with E-state index in [4.69, 9.17) is 5.11 Å². The second-order valence-electron chi connectivity index (χ2n) is 6.35. The summed E-state index contributed by atoms with van der Waals surface area (Å²) in [6.07, 6.45) is 0. The van der Waals surface area contributed by atoms with Crippen LogP contribution in [0.2, 0.25) is 0 Å². The second kappa shape index (κ2) is 8.26. The van der Waals surface area contributed by atoms with Crippen LogP contribution < -0.4 is 0 Å². The van der Waals surface area contributed by atoms with Crippen LogP contribution >= 0.6 is 11.8 Å². The number of carboxylic acid groups (broad SMARTS) is 1. The van der Waals surface area contributed by atoms with Crippen LogP contribution in [0.25, 0.3) is 0 Å². The van der Waals surface area contributed by atoms with Gasteiger partial charge in [0.15, 0.2) is 0 Å². The lowest BCUT2D eigenvalue weighted by molar-refractivity contribution is -0.134. The highest BCUT2D eigenvalue weighted by molar-refractivity contribution is 7.99. The highest BCUT2D eigenvalue weighted by atomic mass is 32.2. The van der Waals surface area contributed by atoms with Gasteiger partial charge in [-0.15, -0.1) is 11.8 Å². The fourth-order valence-corrected chi connectivity index (χ4v) is 4.10. The zero-order valence-corrected chi connectivity index (χ0v) is 15.7. The number of aromatic carboxylic acids is 1. The maximum absolute atomic E-state index is 12.9. The van der Waals surface area contributed by atoms with Crippen molar-refractivity contribution in [3.05, 3.63) is 71.3 Å². The van der Waals surface area contributed by atoms with Crippen LogP contribution in [0.3, 0.4) is 0 Å². The van der Waals surface area contributed by atoms with Crippen LogP contribution in [0.5, 0.6) is 0 Å². The Morgan fingerprint density at radius 2 is 1.74 bits per heavy atom. The van der Waals surface area contributed by atoms with E-state index >= 15 is 0 Å². The molecular formula is C20H20N2O4S. The summed E-state index contributed by atoms with van der Waals surface area (Å²) in [7, 11) is 1.70. The van der Waals surface area contributed by atoms with Gasteiger partial charge >= 0.3 is 5.97 Å². The van der Waals surface area contributed by atoms with Gasteiger partial charge in [-0.25, -0.2) is 4.79 Å². The summed E-state index contributed by atoms with van der Waals surface area (Å²) in [6.45, 7) is 0.354. The molecule has 6 nitrogen and oxygen atoms in total. The predicted octanol–water partition coefficient (Wildman–Crippen LogP) is 2.56. The van der Waals surface area contributed by atoms with Crippen molar-refractivity contribution in [2.24, 2.45) is 0 Å². The molecule has 1 fully saturated rings. The van der Waals surface area contributed by atoms with E-state index in [1.54, 1.807) is 65.0 Å². The summed E-state index contributed by atoms with van der Waals surface area (Å²) < 4.78 is 0. The van der Waals surface area contributed by atoms with E-state index in [9.17, 15) is 14.4 Å². The number of likely N-dealkylation sites (N-methyl/N-ethyl adjacent to an activating group) is 1. The summed E-state index contributed by atoms with van der Waals surface area (Å²) in [5.74, 6) is -0.181. The molecule has 1 saturated heterocycles. The predicted molar refractivity (Wildman–Crippen MR) is 104 cm³/mol. The van der Waals surface area contributed by atoms with Gasteiger partial charge in [-0.3, -0.25) is 9.59 Å². The van der Waals surface area contributed by atoms with Crippen LogP contribution in [-0.2, 0) is 11.3 Å². The lowest BCUT2D eigenvalue weighted by atomic mass is 10.1. The van der Waals surface area contributed by atoms with Gasteiger partial charge in [0.2, 0.25) is 5.91 Å². The third-order valence-corrected chi connectivity index (χ3v) is 5.46. The SMILES string of the molecule is CN(Cc1ccc(C(=O)O)cc1)C(=O)C1CSCN1C(=O)c1ccccc1. The molecule has 0 aliphatic carbocycles. The number of thioether (sulfide) groups is 1. The van der Waals surface area contributed by atoms with Crippen molar-refractivity contribution in [3.8, 4) is 0 Å². The van der Waals surface area contributed by atoms with E-state index in [2.05, 4.69) is 0 Å². The second-order valence-corrected chi connectivity index (χ2v) is 7.35. The number of carboxylic acids is 1. The van der Waals surface area contributed by atoms with Gasteiger partial charge in [0.05, 0.1) is 11.4 Å². The van der Waals surface area contributed by atoms with Gasteiger partial charge in [-0.2, -0.15) is 0 Å². The van der Waals surface area contributed by atoms with E-state index in [1.165, 1.54) is 12.1 Å². The molecule has 2 amide bonds. The normalized spacial score (nSPS) is 16.2. The van der Waals surface area contributed by atoms with Crippen molar-refractivity contribution in [2.45, 2.75) is 12.6 Å². The summed E-state index contributed by atoms with van der Waals surface area (Å²) in [5.41, 5.74) is 1.62. The zero-order valence-electron chi connectivity index (χ0n) is 14.9. The number of nitrogens with zero attached hydrogens (tertiary/aromatic N) is 2. The highest BCUT2D eigenvalue weighted by Crippen LogP contribution is 2.25. The summed E-state index contributed by atoms with van der Waals surface area (Å²) >= 11 is 1.56. The maximum Gasteiger partial charge on any atom is 0.335 e. The number of hydrogen-bond donors (Lipinski definition) is 1. The first-order chi connectivity index (χ1) is 13.0. The van der Waals surface area contributed by atoms with Crippen LogP contribution in [0, 0.1) is 0 Å². The molecule has 1 heterocycles. The molecule has 2 aromatic carbocycles. The third-order valence-electron chi connectivity index (χ3n) is 4.45. The molecule has 1 unspecified atom stereocenters. The van der Waals surface area contributed by atoms with E-state index in [0.29, 0.717) is 23.7 Å². The number of rotatable bonds is 5. The van der Waals surface area contributed by atoms with E-state index < -0.39 is 12.0 Å². The van der Waals surface area contributed by atoms with Crippen molar-refractivity contribution in [1.29, 1.82) is 0 Å². The standard InChI is InChI=1S/C20H20N2O4S/c1-21(11-14-7-9-16(10-8-14)20(25)26)19(24)17-12-27-13-22(17)18(23)15-5-3-2-4-6-15/h2-10,17H,11-13H2,1H3,(H,25,26). The Bertz CT molecular complexity index is 839. The van der Waals surface area contributed by atoms with Crippen LogP contribution in [-0.4, -0.2) is 57.4 Å². The van der Waals surface area contributed by atoms with Gasteiger partial charge in [0.25, 0.3) is 5.91 Å². The molecule has 0 saturated carbocycles. The van der Waals surface area contributed by atoms with Gasteiger partial charge in [-0.05, 0) is 29.8 Å². The Labute approximate surface area is 161 Å². The van der Waals surface area contributed by atoms with Crippen LogP contribution in [0.15, 0.2) is 54.6 Å². The van der Waals surface area contributed by atoms with Crippen LogP contribution in [0.1, 0.15) is 26.3 Å². The topological polar surface area (TPSA) is 77.9 Å². The average Bonchev–Trinajstić information content (AvgIpc) is 3.17. The van der Waals surface area contributed by atoms with E-state index in [-0.39, 0.29) is 17.4 Å². The number of carbonyl (C=O) groups is 3. The monoisotopic (exact) mass is 384 g/mol. The molecule has 1 N–H and O–H groups in total. The summed E-state index contributed by atoms with van der Waals surface area (Å²) in [5, 5.41) is 8.96. The lowest BCUT2D eigenvalue weighted by Gasteiger charge is -2.27. The molecule has 1 aliphatic rings. The molecule has 0 spiro atoms. The molecule has 3 rings (SSSR count). The molecule has 0 bridgehead atoms. The first-order valence-corrected chi connectivity index (χ1v) is 9.64. The van der Waals surface area contributed by atoms with Crippen LogP contribution in [0.4, 0.5) is 0 Å². The number of benzene rings is 2. The van der Waals surface area contributed by atoms with Gasteiger partial charge in [-0.1, -0.05) is 30.3 Å². The minimum atomic E-state index is -0.982. The molecular weight excluding hydrogens is 364 g/mol. The maximum atomic E-state index is 12.9. The van der Waals surface area contributed by atoms with Crippen molar-refractivity contribution >= 4 is 29.5 Å². The fourth-order valence-electron chi connectivity index (χ4n) is 2.95. The Balaban J connectivity index is 1.68. The van der Waals surface area contributed by atoms with Gasteiger partial charge in [0.1, 0.15) is 6.04 Å². The molecule has 1 aliphatic heterocycles. The number of amides is 2. The lowest BCUT2D eigenvalue weighted by Crippen LogP contribution is -2.47. The van der Waals surface area contributed by atoms with Crippen molar-refractivity contribution in [1.82, 2.24) is 9.80 Å². The molecule has 27 heavy (non-hydrogen) atoms. The Kier molecular flexibility index (Phi) is 5.81. The first-order valence-electron chi connectivity index (χ1n) is 8.48. The van der Waals surface area contributed by atoms with Crippen molar-refractivity contribution in [2.75, 3.05) is 18.7 Å². The van der Waals surface area contributed by atoms with Gasteiger partial charge in [0, 0.05) is 24.9 Å². The Morgan fingerprint density at radius 3 is 2.37 bits per heavy atom. The number of hydrogen-bond acceptors (Lipinski definition) is 4. The largest absolute Gasteiger partial charge is 0.478 e. The molecule has 0 radical (unpaired) electrons. The summed E-state index contributed by atoms with van der Waals surface area (Å²) in [6, 6.07) is 14.9. The fraction of sp³-hybridized carbons (Fsp3) is 0.250. The molecule has 1 atom stereocenters. The molecule has 7 heteroatoms. The zero-order chi connectivity index (χ0) is 19.4. The Morgan fingerprint density at radius 1 is 1.07 bits per heavy atom. The molecule has 0 aromatic heterocycles. The minimum Gasteiger partial charge on any atom is -0.478 e. The highest BCUT2D eigenvalue weighted by Gasteiger charge is 2.36. The van der Waals surface area contributed by atoms with Crippen molar-refractivity contribution < 1.29 is 19.5 Å². The molecule has 140 valence electrons. The quantitative estimate of drug-likeness (QED) is 0.857. The summed E-state index contributed by atoms with van der Waals surface area (Å²) in [4.78, 5) is 39.8. The van der Waals surface area contributed by atoms with E-state index in [1.807, 2.05) is 6.07 Å².